The molecule has 1 aromatic heterocycles. The number of carboxylic acid groups (broad SMARTS) is 1. The van der Waals surface area contributed by atoms with Crippen molar-refractivity contribution in [1.82, 2.24) is 15.0 Å². The number of rotatable bonds is 7. The monoisotopic (exact) mass is 391 g/mol. The number of likely N-dealkylation sites (tertiary alicyclic amines) is 1. The van der Waals surface area contributed by atoms with Gasteiger partial charge in [-0.1, -0.05) is 55.4 Å². The van der Waals surface area contributed by atoms with Crippen LogP contribution in [0.25, 0.3) is 22.8 Å². The van der Waals surface area contributed by atoms with Crippen LogP contribution in [0.4, 0.5) is 0 Å². The molecule has 0 radical (unpaired) electrons. The highest BCUT2D eigenvalue weighted by atomic mass is 16.5. The summed E-state index contributed by atoms with van der Waals surface area (Å²) >= 11 is 0. The largest absolute Gasteiger partial charge is 0.481 e. The summed E-state index contributed by atoms with van der Waals surface area (Å²) in [5, 5.41) is 13.1. The maximum absolute atomic E-state index is 10.9. The lowest BCUT2D eigenvalue weighted by Gasteiger charge is -2.36. The third-order valence-corrected chi connectivity index (χ3v) is 5.69. The Balaban J connectivity index is 1.41. The highest BCUT2D eigenvalue weighted by molar-refractivity contribution is 5.71. The van der Waals surface area contributed by atoms with Crippen LogP contribution in [0.3, 0.4) is 0 Å². The molecule has 0 bridgehead atoms. The van der Waals surface area contributed by atoms with Crippen molar-refractivity contribution in [2.24, 2.45) is 5.92 Å². The normalized spacial score (nSPS) is 15.8. The maximum Gasteiger partial charge on any atom is 0.309 e. The Morgan fingerprint density at radius 3 is 2.41 bits per heavy atom. The van der Waals surface area contributed by atoms with Crippen LogP contribution in [0.15, 0.2) is 53.1 Å². The molecule has 2 aromatic carbocycles. The predicted molar refractivity (Wildman–Crippen MR) is 110 cm³/mol. The summed E-state index contributed by atoms with van der Waals surface area (Å²) in [6.45, 7) is 6.38. The molecule has 1 aliphatic rings. The van der Waals surface area contributed by atoms with Crippen molar-refractivity contribution in [3.8, 4) is 22.8 Å². The van der Waals surface area contributed by atoms with Crippen LogP contribution in [0.2, 0.25) is 0 Å². The predicted octanol–water partition coefficient (Wildman–Crippen LogP) is 4.43. The van der Waals surface area contributed by atoms with Gasteiger partial charge in [-0.2, -0.15) is 4.98 Å². The molecule has 0 aliphatic carbocycles. The first-order valence-corrected chi connectivity index (χ1v) is 10.0. The topological polar surface area (TPSA) is 79.5 Å². The van der Waals surface area contributed by atoms with Gasteiger partial charge in [-0.05, 0) is 35.6 Å². The fraction of sp³-hybridized carbons (Fsp3) is 0.348. The molecule has 0 amide bonds. The van der Waals surface area contributed by atoms with Crippen molar-refractivity contribution >= 4 is 5.97 Å². The van der Waals surface area contributed by atoms with Gasteiger partial charge in [-0.15, -0.1) is 0 Å². The lowest BCUT2D eigenvalue weighted by atomic mass is 9.98. The first kappa shape index (κ1) is 19.3. The SMILES string of the molecule is CCC(C)c1ccc(-c2nc(-c3ccc(CN4CC(C(=O)O)C4)cc3)no2)cc1. The Morgan fingerprint density at radius 2 is 1.79 bits per heavy atom. The van der Waals surface area contributed by atoms with Crippen molar-refractivity contribution in [1.29, 1.82) is 0 Å². The van der Waals surface area contributed by atoms with Gasteiger partial charge < -0.3 is 9.63 Å². The van der Waals surface area contributed by atoms with E-state index in [1.165, 1.54) is 5.56 Å². The second-order valence-corrected chi connectivity index (χ2v) is 7.78. The van der Waals surface area contributed by atoms with E-state index in [1.807, 2.05) is 36.4 Å². The lowest BCUT2D eigenvalue weighted by molar-refractivity contribution is -0.147. The number of carbonyl (C=O) groups is 1. The molecule has 0 saturated carbocycles. The van der Waals surface area contributed by atoms with E-state index in [4.69, 9.17) is 9.63 Å². The van der Waals surface area contributed by atoms with E-state index < -0.39 is 5.97 Å². The van der Waals surface area contributed by atoms with Gasteiger partial charge in [0.1, 0.15) is 0 Å². The third kappa shape index (κ3) is 4.22. The highest BCUT2D eigenvalue weighted by Crippen LogP contribution is 2.26. The van der Waals surface area contributed by atoms with Crippen LogP contribution < -0.4 is 0 Å². The first-order valence-electron chi connectivity index (χ1n) is 10.0. The number of hydrogen-bond donors (Lipinski definition) is 1. The summed E-state index contributed by atoms with van der Waals surface area (Å²) in [4.78, 5) is 17.6. The zero-order valence-electron chi connectivity index (χ0n) is 16.7. The van der Waals surface area contributed by atoms with Crippen LogP contribution in [-0.4, -0.2) is 39.2 Å². The molecule has 4 rings (SSSR count). The van der Waals surface area contributed by atoms with Gasteiger partial charge >= 0.3 is 5.97 Å². The molecular weight excluding hydrogens is 366 g/mol. The Kier molecular flexibility index (Phi) is 5.45. The van der Waals surface area contributed by atoms with Crippen LogP contribution in [-0.2, 0) is 11.3 Å². The molecule has 1 aliphatic heterocycles. The Morgan fingerprint density at radius 1 is 1.14 bits per heavy atom. The first-order chi connectivity index (χ1) is 14.0. The standard InChI is InChI=1S/C23H25N3O3/c1-3-15(2)17-8-10-19(11-9-17)22-24-21(25-29-22)18-6-4-16(5-7-18)12-26-13-20(14-26)23(27)28/h4-11,15,20H,3,12-14H2,1-2H3,(H,27,28). The Hall–Kier alpha value is -2.99. The molecule has 6 nitrogen and oxygen atoms in total. The molecule has 1 unspecified atom stereocenters. The van der Waals surface area contributed by atoms with E-state index in [-0.39, 0.29) is 5.92 Å². The van der Waals surface area contributed by atoms with Crippen LogP contribution >= 0.6 is 0 Å². The van der Waals surface area contributed by atoms with Gasteiger partial charge in [-0.3, -0.25) is 9.69 Å². The summed E-state index contributed by atoms with van der Waals surface area (Å²) in [5.41, 5.74) is 4.26. The van der Waals surface area contributed by atoms with E-state index in [2.05, 4.69) is 41.0 Å². The zero-order chi connectivity index (χ0) is 20.4. The van der Waals surface area contributed by atoms with Gasteiger partial charge in [0.2, 0.25) is 5.82 Å². The summed E-state index contributed by atoms with van der Waals surface area (Å²) < 4.78 is 5.46. The van der Waals surface area contributed by atoms with Gasteiger partial charge in [-0.25, -0.2) is 0 Å². The average molecular weight is 391 g/mol. The number of aromatic nitrogens is 2. The fourth-order valence-corrected chi connectivity index (χ4v) is 3.52. The van der Waals surface area contributed by atoms with Crippen molar-refractivity contribution in [3.63, 3.8) is 0 Å². The quantitative estimate of drug-likeness (QED) is 0.642. The van der Waals surface area contributed by atoms with E-state index in [1.54, 1.807) is 0 Å². The minimum absolute atomic E-state index is 0.230. The van der Waals surface area contributed by atoms with E-state index in [9.17, 15) is 4.79 Å². The van der Waals surface area contributed by atoms with Crippen molar-refractivity contribution in [2.75, 3.05) is 13.1 Å². The van der Waals surface area contributed by atoms with Gasteiger partial charge in [0.05, 0.1) is 5.92 Å². The summed E-state index contributed by atoms with van der Waals surface area (Å²) in [6.07, 6.45) is 1.11. The van der Waals surface area contributed by atoms with Crippen molar-refractivity contribution in [3.05, 3.63) is 59.7 Å². The van der Waals surface area contributed by atoms with Crippen molar-refractivity contribution < 1.29 is 14.4 Å². The molecule has 1 N–H and O–H groups in total. The Labute approximate surface area is 170 Å². The number of benzene rings is 2. The zero-order valence-corrected chi connectivity index (χ0v) is 16.7. The number of hydrogen-bond acceptors (Lipinski definition) is 5. The van der Waals surface area contributed by atoms with Crippen LogP contribution in [0, 0.1) is 5.92 Å². The van der Waals surface area contributed by atoms with E-state index >= 15 is 0 Å². The smallest absolute Gasteiger partial charge is 0.309 e. The van der Waals surface area contributed by atoms with Gasteiger partial charge in [0, 0.05) is 30.8 Å². The van der Waals surface area contributed by atoms with E-state index in [0.29, 0.717) is 30.7 Å². The highest BCUT2D eigenvalue weighted by Gasteiger charge is 2.32. The molecule has 1 atom stereocenters. The summed E-state index contributed by atoms with van der Waals surface area (Å²) in [6, 6.07) is 16.3. The summed E-state index contributed by atoms with van der Waals surface area (Å²) in [7, 11) is 0. The molecule has 3 aromatic rings. The lowest BCUT2D eigenvalue weighted by Crippen LogP contribution is -2.49. The summed E-state index contributed by atoms with van der Waals surface area (Å²) in [5.74, 6) is 0.671. The minimum atomic E-state index is -0.709. The van der Waals surface area contributed by atoms with Crippen LogP contribution in [0.1, 0.15) is 37.3 Å². The Bertz CT molecular complexity index is 973. The van der Waals surface area contributed by atoms with Crippen LogP contribution in [0.5, 0.6) is 0 Å². The fourth-order valence-electron chi connectivity index (χ4n) is 3.52. The minimum Gasteiger partial charge on any atom is -0.481 e. The molecule has 0 spiro atoms. The van der Waals surface area contributed by atoms with Gasteiger partial charge in [0.25, 0.3) is 5.89 Å². The maximum atomic E-state index is 10.9. The number of aliphatic carboxylic acids is 1. The molecule has 2 heterocycles. The third-order valence-electron chi connectivity index (χ3n) is 5.69. The van der Waals surface area contributed by atoms with E-state index in [0.717, 1.165) is 29.7 Å². The molecular formula is C23H25N3O3. The number of carboxylic acids is 1. The molecule has 150 valence electrons. The molecule has 1 fully saturated rings. The molecule has 29 heavy (non-hydrogen) atoms. The average Bonchev–Trinajstić information content (AvgIpc) is 3.20. The van der Waals surface area contributed by atoms with Crippen molar-refractivity contribution in [2.45, 2.75) is 32.7 Å². The number of nitrogens with zero attached hydrogens (tertiary/aromatic N) is 3. The second kappa shape index (κ2) is 8.17. The molecule has 1 saturated heterocycles. The van der Waals surface area contributed by atoms with Gasteiger partial charge in [0.15, 0.2) is 0 Å². The molecule has 6 heteroatoms. The second-order valence-electron chi connectivity index (χ2n) is 7.78.